The van der Waals surface area contributed by atoms with Gasteiger partial charge in [-0.1, -0.05) is 91.1 Å². The molecule has 3 aliphatic carbocycles. The Balaban J connectivity index is 1.26. The highest BCUT2D eigenvalue weighted by molar-refractivity contribution is 6.07. The van der Waals surface area contributed by atoms with E-state index in [-0.39, 0.29) is 17.4 Å². The topological polar surface area (TPSA) is 114 Å². The predicted molar refractivity (Wildman–Crippen MR) is 187 cm³/mol. The van der Waals surface area contributed by atoms with E-state index in [0.717, 1.165) is 68.2 Å². The Hall–Kier alpha value is -6.14. The molecule has 1 heterocycles. The van der Waals surface area contributed by atoms with Crippen molar-refractivity contribution in [3.63, 3.8) is 0 Å². The van der Waals surface area contributed by atoms with Crippen LogP contribution in [0.3, 0.4) is 0 Å². The number of aryl methyl sites for hydroxylation is 1. The fourth-order valence-corrected chi connectivity index (χ4v) is 7.92. The van der Waals surface area contributed by atoms with Crippen molar-refractivity contribution in [3.8, 4) is 39.9 Å². The number of fused-ring (bicyclic) bond motifs is 6. The zero-order valence-electron chi connectivity index (χ0n) is 25.7. The number of aromatic hydroxyl groups is 5. The summed E-state index contributed by atoms with van der Waals surface area (Å²) in [6.07, 6.45) is 14.9. The molecule has 0 fully saturated rings. The van der Waals surface area contributed by atoms with E-state index in [1.54, 1.807) is 12.1 Å². The quantitative estimate of drug-likeness (QED) is 0.0983. The summed E-state index contributed by atoms with van der Waals surface area (Å²) < 4.78 is 6.35. The van der Waals surface area contributed by atoms with Gasteiger partial charge in [0.2, 0.25) is 17.2 Å². The van der Waals surface area contributed by atoms with Gasteiger partial charge in [-0.2, -0.15) is 0 Å². The lowest BCUT2D eigenvalue weighted by molar-refractivity contribution is 0.330. The first-order valence-electron chi connectivity index (χ1n) is 16.0. The van der Waals surface area contributed by atoms with Gasteiger partial charge in [-0.05, 0) is 87.2 Å². The van der Waals surface area contributed by atoms with Gasteiger partial charge >= 0.3 is 0 Å². The Kier molecular flexibility index (Phi) is 6.11. The zero-order valence-corrected chi connectivity index (χ0v) is 25.7. The maximum absolute atomic E-state index is 11.0. The zero-order chi connectivity index (χ0) is 32.7. The van der Waals surface area contributed by atoms with Crippen LogP contribution < -0.4 is 0 Å². The fourth-order valence-electron chi connectivity index (χ4n) is 7.92. The van der Waals surface area contributed by atoms with Gasteiger partial charge in [0, 0.05) is 22.6 Å². The van der Waals surface area contributed by atoms with Crippen molar-refractivity contribution in [2.24, 2.45) is 5.92 Å². The van der Waals surface area contributed by atoms with Gasteiger partial charge in [0.05, 0.1) is 5.56 Å². The smallest absolute Gasteiger partial charge is 0.208 e. The molecular weight excluding hydrogens is 600 g/mol. The number of benzene rings is 5. The second-order valence-corrected chi connectivity index (χ2v) is 12.7. The fraction of sp³-hybridized carbons (Fsp3) is 0.0952. The number of rotatable bonds is 3. The Bertz CT molecular complexity index is 2440. The van der Waals surface area contributed by atoms with E-state index in [2.05, 4.69) is 66.8 Å². The third kappa shape index (κ3) is 3.99. The Morgan fingerprint density at radius 2 is 1.31 bits per heavy atom. The molecule has 0 saturated carbocycles. The van der Waals surface area contributed by atoms with Crippen molar-refractivity contribution in [1.82, 2.24) is 0 Å². The number of furan rings is 1. The monoisotopic (exact) mass is 630 g/mol. The summed E-state index contributed by atoms with van der Waals surface area (Å²) in [5.41, 5.74) is 10.7. The lowest BCUT2D eigenvalue weighted by Crippen LogP contribution is -2.23. The second-order valence-electron chi connectivity index (χ2n) is 12.7. The highest BCUT2D eigenvalue weighted by Gasteiger charge is 2.38. The minimum absolute atomic E-state index is 0.126. The minimum atomic E-state index is -0.983. The summed E-state index contributed by atoms with van der Waals surface area (Å²) in [5.74, 6) is -4.60. The van der Waals surface area contributed by atoms with Crippen molar-refractivity contribution in [3.05, 3.63) is 148 Å². The molecule has 6 nitrogen and oxygen atoms in total. The van der Waals surface area contributed by atoms with Crippen molar-refractivity contribution in [2.45, 2.75) is 18.8 Å². The first kappa shape index (κ1) is 28.1. The first-order chi connectivity index (χ1) is 23.4. The van der Waals surface area contributed by atoms with Crippen molar-refractivity contribution < 1.29 is 29.9 Å². The summed E-state index contributed by atoms with van der Waals surface area (Å²) in [7, 11) is 0. The summed E-state index contributed by atoms with van der Waals surface area (Å²) in [5, 5.41) is 55.0. The lowest BCUT2D eigenvalue weighted by atomic mass is 9.65. The molecule has 1 aromatic heterocycles. The summed E-state index contributed by atoms with van der Waals surface area (Å²) in [6, 6.07) is 26.4. The molecule has 0 radical (unpaired) electrons. The number of allylic oxidation sites excluding steroid dienone is 6. The van der Waals surface area contributed by atoms with Crippen LogP contribution in [0, 0.1) is 5.92 Å². The number of hydrogen-bond acceptors (Lipinski definition) is 6. The van der Waals surface area contributed by atoms with E-state index in [1.165, 1.54) is 11.1 Å². The third-order valence-corrected chi connectivity index (χ3v) is 10.1. The van der Waals surface area contributed by atoms with Gasteiger partial charge in [0.15, 0.2) is 11.5 Å². The Morgan fingerprint density at radius 1 is 0.625 bits per heavy atom. The van der Waals surface area contributed by atoms with Gasteiger partial charge in [0.25, 0.3) is 0 Å². The van der Waals surface area contributed by atoms with Crippen molar-refractivity contribution in [2.75, 3.05) is 0 Å². The number of phenolic OH excluding ortho intramolecular Hbond substituents is 5. The summed E-state index contributed by atoms with van der Waals surface area (Å²) >= 11 is 0. The van der Waals surface area contributed by atoms with Crippen LogP contribution in [0.1, 0.15) is 45.7 Å². The molecule has 48 heavy (non-hydrogen) atoms. The summed E-state index contributed by atoms with van der Waals surface area (Å²) in [4.78, 5) is 0. The predicted octanol–water partition coefficient (Wildman–Crippen LogP) is 9.43. The highest BCUT2D eigenvalue weighted by Crippen LogP contribution is 2.58. The maximum Gasteiger partial charge on any atom is 0.208 e. The molecule has 0 spiro atoms. The van der Waals surface area contributed by atoms with E-state index in [9.17, 15) is 25.5 Å². The first-order valence-corrected chi connectivity index (χ1v) is 16.0. The van der Waals surface area contributed by atoms with Crippen LogP contribution in [-0.2, 0) is 6.42 Å². The average molecular weight is 631 g/mol. The Labute approximate surface area is 275 Å². The molecule has 0 amide bonds. The SMILES string of the molecule is Oc1c(O)c(O)c(-c2ccccc2C2c3ccccc3C(c3ccc4oc5cc6c(cc5c4c3)C=CCC6)=C3C=CC=CC32)c(O)c1O. The molecule has 0 saturated heterocycles. The standard InChI is InChI=1S/C42H30O6/c43-38-37(39(44)41(46)42(47)40(38)45)30-16-8-7-15-29(30)36-27-13-5-3-11-25(27)35(26-12-4-6-14-28(26)36)24-17-18-33-31(20-24)32-19-22-9-1-2-10-23(22)21-34(32)48-33/h1,3-9,11-21,27,36,43-47H,2,10H2. The molecular formula is C42H30O6. The second kappa shape index (κ2) is 10.4. The van der Waals surface area contributed by atoms with Crippen LogP contribution in [-0.4, -0.2) is 25.5 Å². The van der Waals surface area contributed by atoms with Crippen molar-refractivity contribution >= 4 is 33.6 Å². The molecule has 2 unspecified atom stereocenters. The van der Waals surface area contributed by atoms with E-state index in [4.69, 9.17) is 4.42 Å². The number of hydrogen-bond donors (Lipinski definition) is 5. The van der Waals surface area contributed by atoms with Crippen molar-refractivity contribution in [1.29, 1.82) is 0 Å². The van der Waals surface area contributed by atoms with E-state index >= 15 is 0 Å². The third-order valence-electron chi connectivity index (χ3n) is 10.1. The average Bonchev–Trinajstić information content (AvgIpc) is 3.48. The largest absolute Gasteiger partial charge is 0.504 e. The van der Waals surface area contributed by atoms with Crippen LogP contribution in [0.2, 0.25) is 0 Å². The molecule has 5 aromatic carbocycles. The minimum Gasteiger partial charge on any atom is -0.504 e. The van der Waals surface area contributed by atoms with Gasteiger partial charge in [-0.25, -0.2) is 0 Å². The van der Waals surface area contributed by atoms with Crippen LogP contribution in [0.5, 0.6) is 28.7 Å². The van der Waals surface area contributed by atoms with Gasteiger partial charge in [0.1, 0.15) is 11.2 Å². The maximum atomic E-state index is 11.0. The molecule has 5 N–H and O–H groups in total. The normalized spacial score (nSPS) is 17.9. The van der Waals surface area contributed by atoms with E-state index in [0.29, 0.717) is 5.56 Å². The number of phenols is 5. The Morgan fingerprint density at radius 3 is 2.10 bits per heavy atom. The van der Waals surface area contributed by atoms with Crippen LogP contribution in [0.4, 0.5) is 0 Å². The van der Waals surface area contributed by atoms with Crippen LogP contribution in [0.25, 0.3) is 44.7 Å². The molecule has 6 heteroatoms. The van der Waals surface area contributed by atoms with Gasteiger partial charge in [-0.3, -0.25) is 0 Å². The van der Waals surface area contributed by atoms with Crippen LogP contribution >= 0.6 is 0 Å². The lowest BCUT2D eigenvalue weighted by Gasteiger charge is -2.37. The highest BCUT2D eigenvalue weighted by atomic mass is 16.4. The molecule has 3 aliphatic rings. The van der Waals surface area contributed by atoms with Gasteiger partial charge < -0.3 is 29.9 Å². The molecule has 9 rings (SSSR count). The summed E-state index contributed by atoms with van der Waals surface area (Å²) in [6.45, 7) is 0. The van der Waals surface area contributed by atoms with E-state index < -0.39 is 28.7 Å². The van der Waals surface area contributed by atoms with E-state index in [1.807, 2.05) is 36.4 Å². The molecule has 6 aromatic rings. The van der Waals surface area contributed by atoms with Gasteiger partial charge in [-0.15, -0.1) is 0 Å². The molecule has 0 bridgehead atoms. The molecule has 234 valence electrons. The van der Waals surface area contributed by atoms with Crippen LogP contribution in [0.15, 0.2) is 119 Å². The molecule has 0 aliphatic heterocycles. The molecule has 2 atom stereocenters.